The van der Waals surface area contributed by atoms with Crippen molar-refractivity contribution in [3.05, 3.63) is 38.9 Å². The first-order valence-corrected chi connectivity index (χ1v) is 6.22. The highest BCUT2D eigenvalue weighted by Crippen LogP contribution is 2.29. The molecule has 2 aromatic heterocycles. The molecule has 0 amide bonds. The molecule has 0 saturated heterocycles. The van der Waals surface area contributed by atoms with Crippen molar-refractivity contribution in [1.82, 2.24) is 9.97 Å². The van der Waals surface area contributed by atoms with Gasteiger partial charge in [-0.05, 0) is 19.1 Å². The summed E-state index contributed by atoms with van der Waals surface area (Å²) in [4.78, 5) is 9.20. The van der Waals surface area contributed by atoms with Gasteiger partial charge in [0, 0.05) is 17.3 Å². The van der Waals surface area contributed by atoms with E-state index in [1.807, 2.05) is 19.1 Å². The fourth-order valence-corrected chi connectivity index (χ4v) is 2.48. The normalized spacial score (nSPS) is 12.4. The molecule has 0 radical (unpaired) electrons. The summed E-state index contributed by atoms with van der Waals surface area (Å²) in [6, 6.07) is 3.96. The van der Waals surface area contributed by atoms with Crippen LogP contribution in [0.1, 0.15) is 17.8 Å². The fraction of sp³-hybridized carbons (Fsp3) is 0.200. The van der Waals surface area contributed by atoms with Gasteiger partial charge in [0.15, 0.2) is 11.0 Å². The number of hydrogen-bond donors (Lipinski definition) is 1. The lowest BCUT2D eigenvalue weighted by Crippen LogP contribution is -2.07. The summed E-state index contributed by atoms with van der Waals surface area (Å²) in [5.41, 5.74) is 0. The topological polar surface area (TPSA) is 37.8 Å². The number of aromatic nitrogens is 2. The van der Waals surface area contributed by atoms with E-state index in [1.54, 1.807) is 12.4 Å². The number of nitrogens with one attached hydrogen (secondary N) is 1. The Morgan fingerprint density at radius 2 is 2.00 bits per heavy atom. The minimum atomic E-state index is 0.103. The molecule has 6 heteroatoms. The van der Waals surface area contributed by atoms with Crippen LogP contribution in [0.3, 0.4) is 0 Å². The molecule has 84 valence electrons. The van der Waals surface area contributed by atoms with Gasteiger partial charge in [0.2, 0.25) is 0 Å². The van der Waals surface area contributed by atoms with Gasteiger partial charge in [0.05, 0.1) is 10.4 Å². The van der Waals surface area contributed by atoms with Gasteiger partial charge in [-0.2, -0.15) is 0 Å². The predicted octanol–water partition coefficient (Wildman–Crippen LogP) is 4.02. The summed E-state index contributed by atoms with van der Waals surface area (Å²) in [7, 11) is 0. The van der Waals surface area contributed by atoms with Gasteiger partial charge < -0.3 is 5.32 Å². The zero-order chi connectivity index (χ0) is 11.5. The minimum absolute atomic E-state index is 0.103. The van der Waals surface area contributed by atoms with Crippen molar-refractivity contribution in [2.75, 3.05) is 5.32 Å². The molecule has 0 aliphatic carbocycles. The molecule has 0 bridgehead atoms. The Balaban J connectivity index is 2.13. The summed E-state index contributed by atoms with van der Waals surface area (Å²) in [5.74, 6) is 0.584. The molecule has 0 spiro atoms. The van der Waals surface area contributed by atoms with E-state index in [2.05, 4.69) is 15.3 Å². The molecule has 0 aliphatic rings. The Morgan fingerprint density at radius 3 is 2.62 bits per heavy atom. The molecule has 16 heavy (non-hydrogen) atoms. The highest BCUT2D eigenvalue weighted by molar-refractivity contribution is 7.16. The van der Waals surface area contributed by atoms with Gasteiger partial charge in [-0.1, -0.05) is 23.2 Å². The highest BCUT2D eigenvalue weighted by atomic mass is 35.5. The first kappa shape index (κ1) is 11.6. The lowest BCUT2D eigenvalue weighted by Gasteiger charge is -2.12. The van der Waals surface area contributed by atoms with Crippen molar-refractivity contribution in [3.8, 4) is 0 Å². The van der Waals surface area contributed by atoms with Crippen LogP contribution >= 0.6 is 34.5 Å². The summed E-state index contributed by atoms with van der Waals surface area (Å²) in [6.07, 6.45) is 3.16. The van der Waals surface area contributed by atoms with Gasteiger partial charge >= 0.3 is 0 Å². The van der Waals surface area contributed by atoms with Crippen molar-refractivity contribution < 1.29 is 0 Å². The number of rotatable bonds is 3. The summed E-state index contributed by atoms with van der Waals surface area (Å²) < 4.78 is 0.772. The minimum Gasteiger partial charge on any atom is -0.360 e. The third-order valence-corrected chi connectivity index (χ3v) is 3.72. The number of hydrogen-bond acceptors (Lipinski definition) is 4. The van der Waals surface area contributed by atoms with E-state index in [9.17, 15) is 0 Å². The van der Waals surface area contributed by atoms with E-state index in [0.29, 0.717) is 11.0 Å². The summed E-state index contributed by atoms with van der Waals surface area (Å²) >= 11 is 13.3. The molecule has 3 nitrogen and oxygen atoms in total. The van der Waals surface area contributed by atoms with Gasteiger partial charge in [-0.25, -0.2) is 9.97 Å². The second kappa shape index (κ2) is 4.99. The van der Waals surface area contributed by atoms with Crippen molar-refractivity contribution in [1.29, 1.82) is 0 Å². The standard InChI is InChI=1S/C10H9Cl2N3S/c1-6(7-2-3-8(11)16-7)15-10-9(12)13-4-5-14-10/h2-6H,1H3,(H,14,15). The molecule has 2 heterocycles. The Kier molecular flexibility index (Phi) is 3.63. The number of nitrogens with zero attached hydrogens (tertiary/aromatic N) is 2. The van der Waals surface area contributed by atoms with E-state index in [-0.39, 0.29) is 6.04 Å². The van der Waals surface area contributed by atoms with Crippen LogP contribution in [0, 0.1) is 0 Å². The fourth-order valence-electron chi connectivity index (χ4n) is 1.26. The molecule has 1 atom stereocenters. The molecule has 0 fully saturated rings. The van der Waals surface area contributed by atoms with E-state index in [0.717, 1.165) is 9.21 Å². The average molecular weight is 274 g/mol. The van der Waals surface area contributed by atoms with Crippen LogP contribution in [-0.4, -0.2) is 9.97 Å². The molecular formula is C10H9Cl2N3S. The first-order chi connectivity index (χ1) is 7.66. The first-order valence-electron chi connectivity index (χ1n) is 4.65. The zero-order valence-electron chi connectivity index (χ0n) is 8.45. The molecular weight excluding hydrogens is 265 g/mol. The van der Waals surface area contributed by atoms with Gasteiger partial charge in [-0.15, -0.1) is 11.3 Å². The van der Waals surface area contributed by atoms with Crippen LogP contribution in [0.25, 0.3) is 0 Å². The average Bonchev–Trinajstić information content (AvgIpc) is 2.68. The quantitative estimate of drug-likeness (QED) is 0.918. The van der Waals surface area contributed by atoms with Crippen molar-refractivity contribution in [3.63, 3.8) is 0 Å². The van der Waals surface area contributed by atoms with Crippen molar-refractivity contribution in [2.24, 2.45) is 0 Å². The predicted molar refractivity (Wildman–Crippen MR) is 68.4 cm³/mol. The second-order valence-corrected chi connectivity index (χ2v) is 5.31. The van der Waals surface area contributed by atoms with Gasteiger partial charge in [-0.3, -0.25) is 0 Å². The second-order valence-electron chi connectivity index (χ2n) is 3.20. The van der Waals surface area contributed by atoms with Gasteiger partial charge in [0.1, 0.15) is 0 Å². The van der Waals surface area contributed by atoms with Crippen LogP contribution < -0.4 is 5.32 Å². The maximum Gasteiger partial charge on any atom is 0.171 e. The molecule has 2 rings (SSSR count). The van der Waals surface area contributed by atoms with E-state index < -0.39 is 0 Å². The molecule has 0 saturated carbocycles. The van der Waals surface area contributed by atoms with Crippen LogP contribution in [0.15, 0.2) is 24.5 Å². The Morgan fingerprint density at radius 1 is 1.25 bits per heavy atom. The molecule has 0 aliphatic heterocycles. The third-order valence-electron chi connectivity index (χ3n) is 2.03. The van der Waals surface area contributed by atoms with E-state index in [4.69, 9.17) is 23.2 Å². The van der Waals surface area contributed by atoms with Crippen molar-refractivity contribution in [2.45, 2.75) is 13.0 Å². The van der Waals surface area contributed by atoms with E-state index in [1.165, 1.54) is 11.3 Å². The SMILES string of the molecule is CC(Nc1nccnc1Cl)c1ccc(Cl)s1. The Hall–Kier alpha value is -0.840. The van der Waals surface area contributed by atoms with Crippen LogP contribution in [0.4, 0.5) is 5.82 Å². The summed E-state index contributed by atoms with van der Waals surface area (Å²) in [5, 5.41) is 3.56. The van der Waals surface area contributed by atoms with Crippen LogP contribution in [0.5, 0.6) is 0 Å². The maximum atomic E-state index is 5.90. The number of halogens is 2. The Bertz CT molecular complexity index is 486. The maximum absolute atomic E-state index is 5.90. The third kappa shape index (κ3) is 2.64. The highest BCUT2D eigenvalue weighted by Gasteiger charge is 2.10. The smallest absolute Gasteiger partial charge is 0.171 e. The van der Waals surface area contributed by atoms with Crippen LogP contribution in [0.2, 0.25) is 9.49 Å². The summed E-state index contributed by atoms with van der Waals surface area (Å²) in [6.45, 7) is 2.02. The molecule has 1 unspecified atom stereocenters. The monoisotopic (exact) mass is 273 g/mol. The van der Waals surface area contributed by atoms with Crippen molar-refractivity contribution >= 4 is 40.4 Å². The largest absolute Gasteiger partial charge is 0.360 e. The number of anilines is 1. The zero-order valence-corrected chi connectivity index (χ0v) is 10.8. The van der Waals surface area contributed by atoms with Crippen LogP contribution in [-0.2, 0) is 0 Å². The molecule has 1 N–H and O–H groups in total. The molecule has 2 aromatic rings. The number of thiophene rings is 1. The van der Waals surface area contributed by atoms with Gasteiger partial charge in [0.25, 0.3) is 0 Å². The Labute approximate surface area is 107 Å². The van der Waals surface area contributed by atoms with E-state index >= 15 is 0 Å². The lowest BCUT2D eigenvalue weighted by molar-refractivity contribution is 0.892. The lowest BCUT2D eigenvalue weighted by atomic mass is 10.3. The molecule has 0 aromatic carbocycles.